The molecule has 0 amide bonds. The molecule has 2 aliphatic rings. The zero-order valence-electron chi connectivity index (χ0n) is 13.1. The molecular formula is C18H26BrNO. The van der Waals surface area contributed by atoms with Crippen LogP contribution in [0.15, 0.2) is 22.7 Å². The van der Waals surface area contributed by atoms with Gasteiger partial charge >= 0.3 is 0 Å². The Labute approximate surface area is 136 Å². The molecule has 0 radical (unpaired) electrons. The zero-order chi connectivity index (χ0) is 14.9. The van der Waals surface area contributed by atoms with E-state index >= 15 is 0 Å². The predicted molar refractivity (Wildman–Crippen MR) is 90.9 cm³/mol. The van der Waals surface area contributed by atoms with Gasteiger partial charge in [-0.3, -0.25) is 0 Å². The lowest BCUT2D eigenvalue weighted by Gasteiger charge is -2.54. The van der Waals surface area contributed by atoms with Gasteiger partial charge in [0.1, 0.15) is 11.9 Å². The van der Waals surface area contributed by atoms with E-state index in [0.29, 0.717) is 17.6 Å². The first-order valence-electron chi connectivity index (χ1n) is 8.32. The maximum atomic E-state index is 6.42. The average molecular weight is 352 g/mol. The third-order valence-corrected chi connectivity index (χ3v) is 5.86. The van der Waals surface area contributed by atoms with Crippen LogP contribution in [0.5, 0.6) is 5.75 Å². The van der Waals surface area contributed by atoms with Crippen LogP contribution in [0.3, 0.4) is 0 Å². The number of hydrogen-bond donors (Lipinski definition) is 1. The maximum absolute atomic E-state index is 6.42. The number of nitrogens with one attached hydrogen (secondary N) is 1. The summed E-state index contributed by atoms with van der Waals surface area (Å²) in [6, 6.07) is 6.99. The van der Waals surface area contributed by atoms with Crippen LogP contribution in [-0.2, 0) is 0 Å². The van der Waals surface area contributed by atoms with Crippen LogP contribution in [-0.4, -0.2) is 18.7 Å². The highest BCUT2D eigenvalue weighted by Gasteiger charge is 2.57. The van der Waals surface area contributed by atoms with E-state index in [1.165, 1.54) is 37.7 Å². The highest BCUT2D eigenvalue weighted by atomic mass is 79.9. The minimum Gasteiger partial charge on any atom is -0.489 e. The standard InChI is InChI=1S/C18H26BrNO/c1-3-10-20-16-12-17(18(16)8-4-5-9-18)21-15-7-6-14(19)11-13(15)2/h6-7,11,16-17,20H,3-5,8-10,12H2,1-2H3. The van der Waals surface area contributed by atoms with E-state index in [9.17, 15) is 0 Å². The summed E-state index contributed by atoms with van der Waals surface area (Å²) >= 11 is 3.53. The van der Waals surface area contributed by atoms with Crippen molar-refractivity contribution < 1.29 is 4.74 Å². The van der Waals surface area contributed by atoms with Gasteiger partial charge in [0, 0.05) is 22.4 Å². The average Bonchev–Trinajstić information content (AvgIpc) is 2.96. The third kappa shape index (κ3) is 2.87. The fourth-order valence-corrected chi connectivity index (χ4v) is 4.60. The number of aryl methyl sites for hydroxylation is 1. The summed E-state index contributed by atoms with van der Waals surface area (Å²) in [5.41, 5.74) is 1.62. The Kier molecular flexibility index (Phi) is 4.60. The molecule has 116 valence electrons. The second-order valence-corrected chi connectivity index (χ2v) is 7.61. The first-order valence-corrected chi connectivity index (χ1v) is 9.11. The van der Waals surface area contributed by atoms with Crippen LogP contribution in [0.4, 0.5) is 0 Å². The highest BCUT2D eigenvalue weighted by Crippen LogP contribution is 2.54. The van der Waals surface area contributed by atoms with Crippen molar-refractivity contribution in [3.8, 4) is 5.75 Å². The lowest BCUT2D eigenvalue weighted by molar-refractivity contribution is -0.0762. The predicted octanol–water partition coefficient (Wildman–Crippen LogP) is 4.84. The molecule has 2 saturated carbocycles. The third-order valence-electron chi connectivity index (χ3n) is 5.37. The molecule has 0 aliphatic heterocycles. The molecule has 0 heterocycles. The molecule has 1 spiro atoms. The summed E-state index contributed by atoms with van der Waals surface area (Å²) in [4.78, 5) is 0. The first-order chi connectivity index (χ1) is 10.2. The van der Waals surface area contributed by atoms with Gasteiger partial charge in [-0.15, -0.1) is 0 Å². The van der Waals surface area contributed by atoms with Crippen molar-refractivity contribution in [1.29, 1.82) is 0 Å². The molecule has 1 N–H and O–H groups in total. The Morgan fingerprint density at radius 2 is 2.10 bits per heavy atom. The lowest BCUT2D eigenvalue weighted by atomic mass is 9.60. The van der Waals surface area contributed by atoms with Gasteiger partial charge in [0.05, 0.1) is 0 Å². The topological polar surface area (TPSA) is 21.3 Å². The van der Waals surface area contributed by atoms with Gasteiger partial charge in [0.2, 0.25) is 0 Å². The minimum absolute atomic E-state index is 0.397. The molecule has 2 fully saturated rings. The second kappa shape index (κ2) is 6.29. The van der Waals surface area contributed by atoms with Gasteiger partial charge in [-0.25, -0.2) is 0 Å². The molecule has 2 unspecified atom stereocenters. The molecular weight excluding hydrogens is 326 g/mol. The largest absolute Gasteiger partial charge is 0.489 e. The van der Waals surface area contributed by atoms with Crippen LogP contribution >= 0.6 is 15.9 Å². The Bertz CT molecular complexity index is 496. The van der Waals surface area contributed by atoms with Crippen LogP contribution in [0.25, 0.3) is 0 Å². The van der Waals surface area contributed by atoms with Crippen molar-refractivity contribution in [3.63, 3.8) is 0 Å². The summed E-state index contributed by atoms with van der Waals surface area (Å²) in [5.74, 6) is 1.06. The summed E-state index contributed by atoms with van der Waals surface area (Å²) in [6.07, 6.45) is 8.16. The van der Waals surface area contributed by atoms with Crippen LogP contribution in [0.1, 0.15) is 51.0 Å². The molecule has 2 aliphatic carbocycles. The maximum Gasteiger partial charge on any atom is 0.122 e. The van der Waals surface area contributed by atoms with Gasteiger partial charge in [-0.05, 0) is 56.5 Å². The Morgan fingerprint density at radius 3 is 2.76 bits per heavy atom. The van der Waals surface area contributed by atoms with Gasteiger partial charge in [0.25, 0.3) is 0 Å². The van der Waals surface area contributed by atoms with Crippen molar-refractivity contribution in [2.75, 3.05) is 6.54 Å². The van der Waals surface area contributed by atoms with E-state index in [1.807, 2.05) is 0 Å². The summed E-state index contributed by atoms with van der Waals surface area (Å²) in [7, 11) is 0. The van der Waals surface area contributed by atoms with Gasteiger partial charge in [0.15, 0.2) is 0 Å². The highest BCUT2D eigenvalue weighted by molar-refractivity contribution is 9.10. The van der Waals surface area contributed by atoms with Crippen molar-refractivity contribution in [2.45, 2.75) is 64.5 Å². The quantitative estimate of drug-likeness (QED) is 0.819. The summed E-state index contributed by atoms with van der Waals surface area (Å²) < 4.78 is 7.55. The van der Waals surface area contributed by atoms with E-state index in [1.54, 1.807) is 0 Å². The van der Waals surface area contributed by atoms with Crippen LogP contribution < -0.4 is 10.1 Å². The van der Waals surface area contributed by atoms with Crippen molar-refractivity contribution >= 4 is 15.9 Å². The number of benzene rings is 1. The van der Waals surface area contributed by atoms with Crippen molar-refractivity contribution in [3.05, 3.63) is 28.2 Å². The smallest absolute Gasteiger partial charge is 0.122 e. The van der Waals surface area contributed by atoms with Crippen LogP contribution in [0.2, 0.25) is 0 Å². The van der Waals surface area contributed by atoms with Crippen LogP contribution in [0, 0.1) is 12.3 Å². The summed E-state index contributed by atoms with van der Waals surface area (Å²) in [5, 5.41) is 3.75. The van der Waals surface area contributed by atoms with E-state index in [-0.39, 0.29) is 0 Å². The number of halogens is 1. The Balaban J connectivity index is 1.71. The fourth-order valence-electron chi connectivity index (χ4n) is 4.12. The van der Waals surface area contributed by atoms with E-state index < -0.39 is 0 Å². The molecule has 2 atom stereocenters. The lowest BCUT2D eigenvalue weighted by Crippen LogP contribution is -2.63. The molecule has 0 aromatic heterocycles. The van der Waals surface area contributed by atoms with Gasteiger partial charge in [-0.2, -0.15) is 0 Å². The molecule has 2 nitrogen and oxygen atoms in total. The van der Waals surface area contributed by atoms with E-state index in [0.717, 1.165) is 23.2 Å². The number of hydrogen-bond acceptors (Lipinski definition) is 2. The van der Waals surface area contributed by atoms with Gasteiger partial charge < -0.3 is 10.1 Å². The van der Waals surface area contributed by atoms with E-state index in [4.69, 9.17) is 4.74 Å². The molecule has 3 rings (SSSR count). The second-order valence-electron chi connectivity index (χ2n) is 6.70. The fraction of sp³-hybridized carbons (Fsp3) is 0.667. The number of ether oxygens (including phenoxy) is 1. The molecule has 21 heavy (non-hydrogen) atoms. The molecule has 0 saturated heterocycles. The molecule has 3 heteroatoms. The molecule has 1 aromatic carbocycles. The zero-order valence-corrected chi connectivity index (χ0v) is 14.7. The van der Waals surface area contributed by atoms with E-state index in [2.05, 4.69) is 53.3 Å². The van der Waals surface area contributed by atoms with Gasteiger partial charge in [-0.1, -0.05) is 35.7 Å². The Hall–Kier alpha value is -0.540. The normalized spacial score (nSPS) is 26.8. The Morgan fingerprint density at radius 1 is 1.33 bits per heavy atom. The minimum atomic E-state index is 0.397. The summed E-state index contributed by atoms with van der Waals surface area (Å²) in [6.45, 7) is 5.51. The molecule has 1 aromatic rings. The first kappa shape index (κ1) is 15.4. The number of rotatable bonds is 5. The monoisotopic (exact) mass is 351 g/mol. The molecule has 0 bridgehead atoms. The SMILES string of the molecule is CCCNC1CC(Oc2ccc(Br)cc2C)C12CCCC2. The van der Waals surface area contributed by atoms with Crippen molar-refractivity contribution in [2.24, 2.45) is 5.41 Å². The van der Waals surface area contributed by atoms with Crippen molar-refractivity contribution in [1.82, 2.24) is 5.32 Å².